The molecule has 1 aliphatic rings. The average Bonchev–Trinajstić information content (AvgIpc) is 2.08. The highest BCUT2D eigenvalue weighted by Crippen LogP contribution is 2.33. The van der Waals surface area contributed by atoms with Crippen LogP contribution in [0.3, 0.4) is 0 Å². The number of ether oxygens (including phenoxy) is 1. The Bertz CT molecular complexity index is 151. The molecule has 0 bridgehead atoms. The van der Waals surface area contributed by atoms with Gasteiger partial charge in [0, 0.05) is 12.0 Å². The zero-order valence-electron chi connectivity index (χ0n) is 6.26. The van der Waals surface area contributed by atoms with Gasteiger partial charge in [-0.2, -0.15) is 0 Å². The summed E-state index contributed by atoms with van der Waals surface area (Å²) in [5, 5.41) is 8.62. The normalized spacial score (nSPS) is 30.4. The predicted molar refractivity (Wildman–Crippen MR) is 35.8 cm³/mol. The van der Waals surface area contributed by atoms with Gasteiger partial charge in [-0.15, -0.1) is 0 Å². The van der Waals surface area contributed by atoms with Gasteiger partial charge in [0.25, 0.3) is 0 Å². The van der Waals surface area contributed by atoms with E-state index in [1.54, 1.807) is 0 Å². The summed E-state index contributed by atoms with van der Waals surface area (Å²) in [6.45, 7) is 4.40. The zero-order chi connectivity index (χ0) is 7.78. The Kier molecular flexibility index (Phi) is 1.68. The minimum absolute atomic E-state index is 0.189. The third-order valence-electron chi connectivity index (χ3n) is 1.96. The van der Waals surface area contributed by atoms with Crippen molar-refractivity contribution in [2.45, 2.75) is 26.4 Å². The van der Waals surface area contributed by atoms with E-state index in [9.17, 15) is 4.79 Å². The van der Waals surface area contributed by atoms with Crippen molar-refractivity contribution in [3.05, 3.63) is 0 Å². The first-order valence-electron chi connectivity index (χ1n) is 3.38. The summed E-state index contributed by atoms with van der Waals surface area (Å²) in [6, 6.07) is 0. The van der Waals surface area contributed by atoms with Crippen LogP contribution in [0.15, 0.2) is 0 Å². The van der Waals surface area contributed by atoms with Crippen LogP contribution in [0, 0.1) is 5.41 Å². The van der Waals surface area contributed by atoms with Gasteiger partial charge < -0.3 is 9.84 Å². The van der Waals surface area contributed by atoms with E-state index in [0.29, 0.717) is 6.61 Å². The van der Waals surface area contributed by atoms with Crippen molar-refractivity contribution < 1.29 is 14.6 Å². The van der Waals surface area contributed by atoms with E-state index < -0.39 is 12.1 Å². The lowest BCUT2D eigenvalue weighted by molar-refractivity contribution is -0.151. The van der Waals surface area contributed by atoms with Crippen molar-refractivity contribution in [3.63, 3.8) is 0 Å². The molecular formula is C7H12O3. The number of carboxylic acids is 1. The van der Waals surface area contributed by atoms with Crippen molar-refractivity contribution in [1.82, 2.24) is 0 Å². The molecule has 0 saturated carbocycles. The van der Waals surface area contributed by atoms with Gasteiger partial charge in [0.1, 0.15) is 0 Å². The van der Waals surface area contributed by atoms with Gasteiger partial charge in [-0.3, -0.25) is 0 Å². The highest BCUT2D eigenvalue weighted by Gasteiger charge is 2.40. The third kappa shape index (κ3) is 1.14. The number of carboxylic acid groups (broad SMARTS) is 1. The van der Waals surface area contributed by atoms with Crippen LogP contribution in [0.1, 0.15) is 20.3 Å². The predicted octanol–water partition coefficient (Wildman–Crippen LogP) is 0.886. The van der Waals surface area contributed by atoms with E-state index in [-0.39, 0.29) is 5.41 Å². The minimum atomic E-state index is -0.845. The van der Waals surface area contributed by atoms with Crippen LogP contribution in [0.4, 0.5) is 0 Å². The highest BCUT2D eigenvalue weighted by atomic mass is 16.5. The van der Waals surface area contributed by atoms with Gasteiger partial charge >= 0.3 is 5.97 Å². The van der Waals surface area contributed by atoms with E-state index in [1.807, 2.05) is 13.8 Å². The van der Waals surface area contributed by atoms with Gasteiger partial charge in [0.15, 0.2) is 6.10 Å². The van der Waals surface area contributed by atoms with Gasteiger partial charge in [-0.25, -0.2) is 4.79 Å². The molecule has 10 heavy (non-hydrogen) atoms. The van der Waals surface area contributed by atoms with E-state index >= 15 is 0 Å². The maximum Gasteiger partial charge on any atom is 0.333 e. The first-order chi connectivity index (χ1) is 4.54. The van der Waals surface area contributed by atoms with Crippen LogP contribution < -0.4 is 0 Å². The molecule has 0 aromatic rings. The smallest absolute Gasteiger partial charge is 0.333 e. The average molecular weight is 144 g/mol. The maximum atomic E-state index is 10.5. The van der Waals surface area contributed by atoms with Crippen LogP contribution in [0.2, 0.25) is 0 Å². The fraction of sp³-hybridized carbons (Fsp3) is 0.857. The molecule has 3 nitrogen and oxygen atoms in total. The zero-order valence-corrected chi connectivity index (χ0v) is 6.26. The number of aliphatic carboxylic acids is 1. The monoisotopic (exact) mass is 144 g/mol. The largest absolute Gasteiger partial charge is 0.479 e. The standard InChI is InChI=1S/C7H12O3/c1-7(2)3-4-10-5(7)6(8)9/h5H,3-4H2,1-2H3,(H,8,9)/t5-/m0/s1. The second-order valence-corrected chi connectivity index (χ2v) is 3.33. The lowest BCUT2D eigenvalue weighted by Gasteiger charge is -2.20. The third-order valence-corrected chi connectivity index (χ3v) is 1.96. The lowest BCUT2D eigenvalue weighted by Crippen LogP contribution is -2.32. The molecule has 0 radical (unpaired) electrons. The number of rotatable bonds is 1. The summed E-state index contributed by atoms with van der Waals surface area (Å²) in [4.78, 5) is 10.5. The second-order valence-electron chi connectivity index (χ2n) is 3.33. The van der Waals surface area contributed by atoms with Crippen LogP contribution in [-0.4, -0.2) is 23.8 Å². The molecule has 0 unspecified atom stereocenters. The molecule has 1 heterocycles. The summed E-state index contributed by atoms with van der Waals surface area (Å²) >= 11 is 0. The topological polar surface area (TPSA) is 46.5 Å². The Morgan fingerprint density at radius 1 is 1.70 bits per heavy atom. The highest BCUT2D eigenvalue weighted by molar-refractivity contribution is 5.73. The van der Waals surface area contributed by atoms with Gasteiger partial charge in [-0.1, -0.05) is 13.8 Å². The number of hydrogen-bond acceptors (Lipinski definition) is 2. The van der Waals surface area contributed by atoms with Crippen molar-refractivity contribution in [2.24, 2.45) is 5.41 Å². The van der Waals surface area contributed by atoms with E-state index in [0.717, 1.165) is 6.42 Å². The Hall–Kier alpha value is -0.570. The van der Waals surface area contributed by atoms with Crippen LogP contribution in [0.25, 0.3) is 0 Å². The lowest BCUT2D eigenvalue weighted by atomic mass is 9.86. The summed E-state index contributed by atoms with van der Waals surface area (Å²) < 4.78 is 5.03. The van der Waals surface area contributed by atoms with Crippen molar-refractivity contribution in [1.29, 1.82) is 0 Å². The van der Waals surface area contributed by atoms with Crippen molar-refractivity contribution in [3.8, 4) is 0 Å². The number of hydrogen-bond donors (Lipinski definition) is 1. The fourth-order valence-electron chi connectivity index (χ4n) is 1.20. The fourth-order valence-corrected chi connectivity index (χ4v) is 1.20. The SMILES string of the molecule is CC1(C)CCO[C@H]1C(=O)O. The number of carbonyl (C=O) groups is 1. The molecule has 1 rings (SSSR count). The Morgan fingerprint density at radius 2 is 2.30 bits per heavy atom. The van der Waals surface area contributed by atoms with Crippen LogP contribution in [-0.2, 0) is 9.53 Å². The van der Waals surface area contributed by atoms with Crippen molar-refractivity contribution in [2.75, 3.05) is 6.61 Å². The second kappa shape index (κ2) is 2.23. The molecule has 1 fully saturated rings. The molecule has 0 amide bonds. The molecule has 58 valence electrons. The molecule has 1 N–H and O–H groups in total. The maximum absolute atomic E-state index is 10.5. The summed E-state index contributed by atoms with van der Waals surface area (Å²) in [7, 11) is 0. The summed E-state index contributed by atoms with van der Waals surface area (Å²) in [6.07, 6.45) is 0.233. The first-order valence-corrected chi connectivity index (χ1v) is 3.38. The molecule has 3 heteroatoms. The first kappa shape index (κ1) is 7.54. The molecule has 0 aromatic heterocycles. The quantitative estimate of drug-likeness (QED) is 0.594. The Labute approximate surface area is 60.0 Å². The molecule has 0 aliphatic carbocycles. The van der Waals surface area contributed by atoms with E-state index in [4.69, 9.17) is 9.84 Å². The van der Waals surface area contributed by atoms with Gasteiger partial charge in [0.2, 0.25) is 0 Å². The molecule has 1 aliphatic heterocycles. The van der Waals surface area contributed by atoms with E-state index in [2.05, 4.69) is 0 Å². The molecule has 1 saturated heterocycles. The van der Waals surface area contributed by atoms with Crippen LogP contribution >= 0.6 is 0 Å². The molecule has 0 aromatic carbocycles. The summed E-state index contributed by atoms with van der Waals surface area (Å²) in [5.74, 6) is -0.845. The van der Waals surface area contributed by atoms with Crippen molar-refractivity contribution >= 4 is 5.97 Å². The van der Waals surface area contributed by atoms with Gasteiger partial charge in [0.05, 0.1) is 0 Å². The summed E-state index contributed by atoms with van der Waals surface area (Å²) in [5.41, 5.74) is -0.189. The minimum Gasteiger partial charge on any atom is -0.479 e. The molecule has 1 atom stereocenters. The molecule has 0 spiro atoms. The van der Waals surface area contributed by atoms with E-state index in [1.165, 1.54) is 0 Å². The van der Waals surface area contributed by atoms with Gasteiger partial charge in [-0.05, 0) is 6.42 Å². The Balaban J connectivity index is 2.68. The Morgan fingerprint density at radius 3 is 2.50 bits per heavy atom. The van der Waals surface area contributed by atoms with Crippen LogP contribution in [0.5, 0.6) is 0 Å². The molecular weight excluding hydrogens is 132 g/mol.